The van der Waals surface area contributed by atoms with Crippen molar-refractivity contribution in [1.29, 1.82) is 0 Å². The zero-order chi connectivity index (χ0) is 26.2. The van der Waals surface area contributed by atoms with E-state index in [4.69, 9.17) is 0 Å². The van der Waals surface area contributed by atoms with Crippen LogP contribution >= 0.6 is 0 Å². The van der Waals surface area contributed by atoms with Gasteiger partial charge in [-0.1, -0.05) is 78.9 Å². The van der Waals surface area contributed by atoms with Gasteiger partial charge in [0.05, 0.1) is 38.7 Å². The maximum absolute atomic E-state index is 2.44. The molecule has 0 radical (unpaired) electrons. The van der Waals surface area contributed by atoms with Crippen molar-refractivity contribution in [3.05, 3.63) is 121 Å². The topological polar surface area (TPSA) is 13.7 Å². The van der Waals surface area contributed by atoms with Crippen LogP contribution in [0.25, 0.3) is 71.3 Å². The van der Waals surface area contributed by atoms with E-state index in [-0.39, 0.29) is 0 Å². The molecule has 0 aliphatic heterocycles. The average Bonchev–Trinajstić information content (AvgIpc) is 3.45. The average molecular weight is 503 g/mol. The van der Waals surface area contributed by atoms with E-state index in [1.54, 1.807) is 0 Å². The Morgan fingerprint density at radius 3 is 1.95 bits per heavy atom. The molecule has 0 saturated heterocycles. The van der Waals surface area contributed by atoms with Crippen LogP contribution in [0.15, 0.2) is 115 Å². The van der Waals surface area contributed by atoms with Gasteiger partial charge in [0.1, 0.15) is 7.05 Å². The molecule has 8 aromatic rings. The Kier molecular flexibility index (Phi) is 4.57. The first kappa shape index (κ1) is 22.1. The number of rotatable bonds is 2. The van der Waals surface area contributed by atoms with E-state index >= 15 is 0 Å². The second-order valence-electron chi connectivity index (χ2n) is 10.7. The summed E-state index contributed by atoms with van der Waals surface area (Å²) in [5.41, 5.74) is 9.95. The fraction of sp³-hybridized carbons (Fsp3) is 0.0833. The number of hydrogen-bond donors (Lipinski definition) is 0. The Hall–Kier alpha value is -4.89. The van der Waals surface area contributed by atoms with E-state index in [9.17, 15) is 0 Å². The van der Waals surface area contributed by atoms with Gasteiger partial charge >= 0.3 is 0 Å². The van der Waals surface area contributed by atoms with Gasteiger partial charge in [0, 0.05) is 29.3 Å². The van der Waals surface area contributed by atoms with Gasteiger partial charge in [0.15, 0.2) is 6.20 Å². The summed E-state index contributed by atoms with van der Waals surface area (Å²) in [6, 6.07) is 39.8. The SMILES string of the molecule is Cc1cc2ccccc2cc1-c1c2c3cccc(-n4c5ccccc5c5ccccc54)c3n(C)c2cc[n+]1C. The van der Waals surface area contributed by atoms with Crippen LogP contribution in [-0.2, 0) is 14.1 Å². The molecule has 3 nitrogen and oxygen atoms in total. The molecule has 0 aliphatic carbocycles. The molecule has 0 fully saturated rings. The van der Waals surface area contributed by atoms with Gasteiger partial charge in [-0.3, -0.25) is 0 Å². The van der Waals surface area contributed by atoms with Crippen LogP contribution in [0.4, 0.5) is 0 Å². The standard InChI is InChI=1S/C36H28N3/c1-23-21-24-11-4-5-12-25(24)22-29(23)36-34-28-15-10-18-33(35(28)38(3)32(34)19-20-37(36)2)39-30-16-8-6-13-26(30)27-14-7-9-17-31(27)39/h4-22H,1-3H3/q+1. The lowest BCUT2D eigenvalue weighted by atomic mass is 9.96. The van der Waals surface area contributed by atoms with Crippen molar-refractivity contribution in [2.75, 3.05) is 0 Å². The minimum absolute atomic E-state index is 1.20. The third-order valence-corrected chi connectivity index (χ3v) is 8.45. The second-order valence-corrected chi connectivity index (χ2v) is 10.7. The Morgan fingerprint density at radius 2 is 1.23 bits per heavy atom. The van der Waals surface area contributed by atoms with E-state index in [0.717, 1.165) is 0 Å². The van der Waals surface area contributed by atoms with E-state index in [1.165, 1.54) is 76.9 Å². The fourth-order valence-corrected chi connectivity index (χ4v) is 6.69. The predicted octanol–water partition coefficient (Wildman–Crippen LogP) is 8.38. The number of aromatic nitrogens is 3. The van der Waals surface area contributed by atoms with Gasteiger partial charge < -0.3 is 9.13 Å². The lowest BCUT2D eigenvalue weighted by Gasteiger charge is -2.11. The molecule has 0 amide bonds. The lowest BCUT2D eigenvalue weighted by Crippen LogP contribution is -2.30. The van der Waals surface area contributed by atoms with E-state index in [0.29, 0.717) is 0 Å². The molecule has 3 heteroatoms. The molecular formula is C36H28N3+. The van der Waals surface area contributed by atoms with E-state index in [2.05, 4.69) is 150 Å². The summed E-state index contributed by atoms with van der Waals surface area (Å²) in [7, 11) is 4.37. The molecule has 3 heterocycles. The highest BCUT2D eigenvalue weighted by molar-refractivity contribution is 6.17. The number of para-hydroxylation sites is 3. The number of fused-ring (bicyclic) bond motifs is 7. The first-order valence-electron chi connectivity index (χ1n) is 13.5. The van der Waals surface area contributed by atoms with E-state index < -0.39 is 0 Å². The van der Waals surface area contributed by atoms with Crippen LogP contribution in [0.3, 0.4) is 0 Å². The summed E-state index contributed by atoms with van der Waals surface area (Å²) < 4.78 is 7.10. The van der Waals surface area contributed by atoms with Crippen LogP contribution < -0.4 is 4.57 Å². The molecule has 0 bridgehead atoms. The van der Waals surface area contributed by atoms with Crippen molar-refractivity contribution in [3.63, 3.8) is 0 Å². The number of benzene rings is 5. The van der Waals surface area contributed by atoms with Crippen molar-refractivity contribution in [2.45, 2.75) is 6.92 Å². The number of aryl methyl sites for hydroxylation is 3. The summed E-state index contributed by atoms with van der Waals surface area (Å²) in [6.07, 6.45) is 2.20. The second kappa shape index (κ2) is 8.05. The predicted molar refractivity (Wildman–Crippen MR) is 164 cm³/mol. The van der Waals surface area contributed by atoms with Crippen LogP contribution in [0.1, 0.15) is 5.56 Å². The molecular weight excluding hydrogens is 474 g/mol. The number of hydrogen-bond acceptors (Lipinski definition) is 0. The summed E-state index contributed by atoms with van der Waals surface area (Å²) in [5, 5.41) is 7.66. The third-order valence-electron chi connectivity index (χ3n) is 8.45. The van der Waals surface area contributed by atoms with Gasteiger partial charge in [-0.15, -0.1) is 0 Å². The van der Waals surface area contributed by atoms with Gasteiger partial charge in [-0.25, -0.2) is 4.57 Å². The minimum atomic E-state index is 1.20. The van der Waals surface area contributed by atoms with Crippen molar-refractivity contribution >= 4 is 54.4 Å². The van der Waals surface area contributed by atoms with Crippen LogP contribution in [0, 0.1) is 6.92 Å². The molecule has 0 aliphatic rings. The highest BCUT2D eigenvalue weighted by Gasteiger charge is 2.25. The number of pyridine rings is 1. The molecule has 0 spiro atoms. The summed E-state index contributed by atoms with van der Waals surface area (Å²) >= 11 is 0. The van der Waals surface area contributed by atoms with Crippen molar-refractivity contribution in [2.24, 2.45) is 14.1 Å². The lowest BCUT2D eigenvalue weighted by molar-refractivity contribution is -0.659. The van der Waals surface area contributed by atoms with E-state index in [1.807, 2.05) is 0 Å². The van der Waals surface area contributed by atoms with Gasteiger partial charge in [0.25, 0.3) is 0 Å². The zero-order valence-electron chi connectivity index (χ0n) is 22.3. The maximum Gasteiger partial charge on any atom is 0.222 e. The monoisotopic (exact) mass is 502 g/mol. The van der Waals surface area contributed by atoms with Crippen molar-refractivity contribution < 1.29 is 4.57 Å². The van der Waals surface area contributed by atoms with Gasteiger partial charge in [-0.05, 0) is 47.5 Å². The van der Waals surface area contributed by atoms with Crippen LogP contribution in [-0.4, -0.2) is 9.13 Å². The molecule has 5 aromatic carbocycles. The molecule has 0 atom stereocenters. The first-order valence-corrected chi connectivity index (χ1v) is 13.5. The fourth-order valence-electron chi connectivity index (χ4n) is 6.69. The molecule has 39 heavy (non-hydrogen) atoms. The Labute approximate surface area is 226 Å². The van der Waals surface area contributed by atoms with Gasteiger partial charge in [-0.2, -0.15) is 0 Å². The number of nitrogens with zero attached hydrogens (tertiary/aromatic N) is 3. The van der Waals surface area contributed by atoms with Crippen LogP contribution in [0.2, 0.25) is 0 Å². The van der Waals surface area contributed by atoms with Crippen LogP contribution in [0.5, 0.6) is 0 Å². The zero-order valence-corrected chi connectivity index (χ0v) is 22.3. The molecule has 8 rings (SSSR count). The summed E-state index contributed by atoms with van der Waals surface area (Å²) in [6.45, 7) is 2.23. The highest BCUT2D eigenvalue weighted by Crippen LogP contribution is 2.40. The Morgan fingerprint density at radius 1 is 0.615 bits per heavy atom. The molecule has 3 aromatic heterocycles. The summed E-state index contributed by atoms with van der Waals surface area (Å²) in [4.78, 5) is 0. The molecule has 186 valence electrons. The molecule has 0 N–H and O–H groups in total. The van der Waals surface area contributed by atoms with Gasteiger partial charge in [0.2, 0.25) is 5.69 Å². The van der Waals surface area contributed by atoms with Crippen molar-refractivity contribution in [1.82, 2.24) is 9.13 Å². The highest BCUT2D eigenvalue weighted by atomic mass is 15.0. The first-order chi connectivity index (χ1) is 19.1. The maximum atomic E-state index is 2.44. The Balaban J connectivity index is 1.52. The largest absolute Gasteiger partial charge is 0.342 e. The third kappa shape index (κ3) is 3.01. The van der Waals surface area contributed by atoms with Crippen molar-refractivity contribution in [3.8, 4) is 16.9 Å². The minimum Gasteiger partial charge on any atom is -0.342 e. The smallest absolute Gasteiger partial charge is 0.222 e. The summed E-state index contributed by atoms with van der Waals surface area (Å²) in [5.74, 6) is 0. The Bertz CT molecular complexity index is 2210. The molecule has 0 unspecified atom stereocenters. The quantitative estimate of drug-likeness (QED) is 0.211. The molecule has 0 saturated carbocycles. The normalized spacial score (nSPS) is 12.0.